The van der Waals surface area contributed by atoms with Crippen LogP contribution in [-0.2, 0) is 16.6 Å². The van der Waals surface area contributed by atoms with Gasteiger partial charge in [-0.2, -0.15) is 15.0 Å². The molecule has 2 rings (SSSR count). The highest BCUT2D eigenvalue weighted by Crippen LogP contribution is 2.28. The van der Waals surface area contributed by atoms with Crippen molar-refractivity contribution in [2.24, 2.45) is 5.92 Å². The first kappa shape index (κ1) is 18.2. The van der Waals surface area contributed by atoms with Gasteiger partial charge in [-0.1, -0.05) is 37.0 Å². The van der Waals surface area contributed by atoms with Crippen LogP contribution in [0.2, 0.25) is 10.0 Å². The second-order valence-corrected chi connectivity index (χ2v) is 8.08. The molecule has 2 aromatic rings. The molecule has 0 aliphatic rings. The van der Waals surface area contributed by atoms with Crippen LogP contribution in [0, 0.1) is 12.8 Å². The van der Waals surface area contributed by atoms with E-state index in [2.05, 4.69) is 14.9 Å². The highest BCUT2D eigenvalue weighted by atomic mass is 35.5. The van der Waals surface area contributed by atoms with Gasteiger partial charge in [-0.05, 0) is 30.5 Å². The van der Waals surface area contributed by atoms with Gasteiger partial charge in [0.1, 0.15) is 4.90 Å². The first-order valence-corrected chi connectivity index (χ1v) is 9.26. The quantitative estimate of drug-likeness (QED) is 0.840. The topological polar surface area (TPSA) is 76.9 Å². The van der Waals surface area contributed by atoms with E-state index in [4.69, 9.17) is 23.2 Å². The molecule has 1 aromatic carbocycles. The van der Waals surface area contributed by atoms with Crippen LogP contribution in [0.25, 0.3) is 0 Å². The first-order chi connectivity index (χ1) is 10.7. The predicted octanol–water partition coefficient (Wildman–Crippen LogP) is 2.90. The summed E-state index contributed by atoms with van der Waals surface area (Å²) in [6.07, 6.45) is 3.09. The molecule has 0 bridgehead atoms. The molecular formula is C14H18Cl2N4O2S. The number of hydrogen-bond acceptors (Lipinski definition) is 4. The van der Waals surface area contributed by atoms with Gasteiger partial charge in [-0.3, -0.25) is 0 Å². The zero-order chi connectivity index (χ0) is 17.2. The van der Waals surface area contributed by atoms with Crippen molar-refractivity contribution in [3.05, 3.63) is 40.1 Å². The molecule has 1 N–H and O–H groups in total. The van der Waals surface area contributed by atoms with Crippen molar-refractivity contribution in [3.8, 4) is 0 Å². The fraction of sp³-hybridized carbons (Fsp3) is 0.429. The summed E-state index contributed by atoms with van der Waals surface area (Å²) in [7, 11) is -3.79. The highest BCUT2D eigenvalue weighted by Gasteiger charge is 2.26. The Hall–Kier alpha value is -1.15. The standard InChI is InChI=1S/C14H18Cl2N4O2S/c1-9(2)13(8-20-17-4-5-18-20)19-23(21,22)14-6-10(3)11(15)7-12(14)16/h4-7,9,13,19H,8H2,1-3H3. The minimum absolute atomic E-state index is 0.0140. The van der Waals surface area contributed by atoms with Gasteiger partial charge in [0.25, 0.3) is 0 Å². The minimum Gasteiger partial charge on any atom is -0.207 e. The van der Waals surface area contributed by atoms with Crippen molar-refractivity contribution in [1.29, 1.82) is 0 Å². The number of benzene rings is 1. The third kappa shape index (κ3) is 4.44. The summed E-state index contributed by atoms with van der Waals surface area (Å²) >= 11 is 12.0. The summed E-state index contributed by atoms with van der Waals surface area (Å²) < 4.78 is 28.0. The molecule has 0 spiro atoms. The van der Waals surface area contributed by atoms with Crippen molar-refractivity contribution in [2.45, 2.75) is 38.3 Å². The molecule has 0 fully saturated rings. The Morgan fingerprint density at radius 3 is 2.35 bits per heavy atom. The Morgan fingerprint density at radius 2 is 1.78 bits per heavy atom. The molecule has 9 heteroatoms. The minimum atomic E-state index is -3.79. The molecule has 1 unspecified atom stereocenters. The Labute approximate surface area is 145 Å². The van der Waals surface area contributed by atoms with Crippen molar-refractivity contribution in [1.82, 2.24) is 19.7 Å². The van der Waals surface area contributed by atoms with E-state index in [1.165, 1.54) is 16.9 Å². The summed E-state index contributed by atoms with van der Waals surface area (Å²) in [4.78, 5) is 1.46. The maximum absolute atomic E-state index is 12.7. The van der Waals surface area contributed by atoms with Crippen LogP contribution in [0.5, 0.6) is 0 Å². The molecule has 23 heavy (non-hydrogen) atoms. The van der Waals surface area contributed by atoms with E-state index in [0.29, 0.717) is 17.1 Å². The number of sulfonamides is 1. The number of rotatable bonds is 6. The third-order valence-corrected chi connectivity index (χ3v) is 5.80. The lowest BCUT2D eigenvalue weighted by Gasteiger charge is -2.22. The van der Waals surface area contributed by atoms with Gasteiger partial charge in [0.2, 0.25) is 10.0 Å². The number of aromatic nitrogens is 3. The van der Waals surface area contributed by atoms with E-state index in [9.17, 15) is 8.42 Å². The predicted molar refractivity (Wildman–Crippen MR) is 90.2 cm³/mol. The van der Waals surface area contributed by atoms with Gasteiger partial charge in [0.05, 0.1) is 24.0 Å². The van der Waals surface area contributed by atoms with E-state index < -0.39 is 10.0 Å². The Balaban J connectivity index is 2.29. The molecule has 0 aliphatic carbocycles. The SMILES string of the molecule is Cc1cc(S(=O)(=O)NC(Cn2nccn2)C(C)C)c(Cl)cc1Cl. The summed E-state index contributed by atoms with van der Waals surface area (Å²) in [6, 6.07) is 2.53. The van der Waals surface area contributed by atoms with Gasteiger partial charge in [0, 0.05) is 11.1 Å². The average molecular weight is 377 g/mol. The lowest BCUT2D eigenvalue weighted by Crippen LogP contribution is -2.42. The molecule has 0 radical (unpaired) electrons. The largest absolute Gasteiger partial charge is 0.242 e. The van der Waals surface area contributed by atoms with Gasteiger partial charge >= 0.3 is 0 Å². The Kier molecular flexibility index (Phi) is 5.67. The van der Waals surface area contributed by atoms with E-state index in [1.54, 1.807) is 19.3 Å². The fourth-order valence-electron chi connectivity index (χ4n) is 2.00. The molecule has 0 amide bonds. The maximum atomic E-state index is 12.7. The van der Waals surface area contributed by atoms with Crippen LogP contribution in [0.3, 0.4) is 0 Å². The zero-order valence-corrected chi connectivity index (χ0v) is 15.3. The lowest BCUT2D eigenvalue weighted by molar-refractivity contribution is 0.361. The van der Waals surface area contributed by atoms with Crippen molar-refractivity contribution in [2.75, 3.05) is 0 Å². The molecule has 1 atom stereocenters. The monoisotopic (exact) mass is 376 g/mol. The third-order valence-electron chi connectivity index (χ3n) is 3.44. The zero-order valence-electron chi connectivity index (χ0n) is 13.0. The second-order valence-electron chi connectivity index (χ2n) is 5.59. The summed E-state index contributed by atoms with van der Waals surface area (Å²) in [5.41, 5.74) is 0.645. The molecule has 1 aromatic heterocycles. The van der Waals surface area contributed by atoms with Crippen molar-refractivity contribution < 1.29 is 8.42 Å². The fourth-order valence-corrected chi connectivity index (χ4v) is 4.20. The maximum Gasteiger partial charge on any atom is 0.242 e. The molecule has 6 nitrogen and oxygen atoms in total. The van der Waals surface area contributed by atoms with Crippen LogP contribution in [0.1, 0.15) is 19.4 Å². The van der Waals surface area contributed by atoms with Gasteiger partial charge < -0.3 is 0 Å². The number of hydrogen-bond donors (Lipinski definition) is 1. The summed E-state index contributed by atoms with van der Waals surface area (Å²) in [6.45, 7) is 5.90. The molecule has 126 valence electrons. The molecule has 0 aliphatic heterocycles. The van der Waals surface area contributed by atoms with Gasteiger partial charge in [0.15, 0.2) is 0 Å². The highest BCUT2D eigenvalue weighted by molar-refractivity contribution is 7.89. The summed E-state index contributed by atoms with van der Waals surface area (Å²) in [5.74, 6) is 0.0444. The van der Waals surface area contributed by atoms with Crippen molar-refractivity contribution in [3.63, 3.8) is 0 Å². The van der Waals surface area contributed by atoms with E-state index in [0.717, 1.165) is 0 Å². The number of nitrogens with zero attached hydrogens (tertiary/aromatic N) is 3. The van der Waals surface area contributed by atoms with Crippen LogP contribution in [-0.4, -0.2) is 29.5 Å². The van der Waals surface area contributed by atoms with Crippen LogP contribution in [0.15, 0.2) is 29.4 Å². The molecule has 0 saturated heterocycles. The van der Waals surface area contributed by atoms with Gasteiger partial charge in [-0.15, -0.1) is 0 Å². The van der Waals surface area contributed by atoms with Crippen LogP contribution >= 0.6 is 23.2 Å². The van der Waals surface area contributed by atoms with Crippen LogP contribution < -0.4 is 4.72 Å². The first-order valence-electron chi connectivity index (χ1n) is 7.03. The number of nitrogens with one attached hydrogen (secondary N) is 1. The van der Waals surface area contributed by atoms with Crippen LogP contribution in [0.4, 0.5) is 0 Å². The smallest absolute Gasteiger partial charge is 0.207 e. The Bertz CT molecular complexity index is 776. The van der Waals surface area contributed by atoms with Crippen molar-refractivity contribution >= 4 is 33.2 Å². The average Bonchev–Trinajstić information content (AvgIpc) is 2.94. The summed E-state index contributed by atoms with van der Waals surface area (Å²) in [5, 5.41) is 8.54. The lowest BCUT2D eigenvalue weighted by atomic mass is 10.1. The molecular weight excluding hydrogens is 359 g/mol. The van der Waals surface area contributed by atoms with E-state index in [1.807, 2.05) is 13.8 Å². The Morgan fingerprint density at radius 1 is 1.17 bits per heavy atom. The van der Waals surface area contributed by atoms with E-state index in [-0.39, 0.29) is 21.9 Å². The molecule has 0 saturated carbocycles. The van der Waals surface area contributed by atoms with Gasteiger partial charge in [-0.25, -0.2) is 13.1 Å². The normalized spacial score (nSPS) is 13.5. The molecule has 1 heterocycles. The second kappa shape index (κ2) is 7.17. The van der Waals surface area contributed by atoms with E-state index >= 15 is 0 Å². The number of halogens is 2. The number of aryl methyl sites for hydroxylation is 1.